The number of aryl methyl sites for hydroxylation is 1. The summed E-state index contributed by atoms with van der Waals surface area (Å²) in [6.45, 7) is 1.89. The molecule has 12 heteroatoms. The molecule has 208 valence electrons. The van der Waals surface area contributed by atoms with Crippen LogP contribution >= 0.6 is 11.6 Å². The lowest BCUT2D eigenvalue weighted by atomic mass is 9.94. The quantitative estimate of drug-likeness (QED) is 0.324. The van der Waals surface area contributed by atoms with Crippen molar-refractivity contribution in [2.45, 2.75) is 32.2 Å². The van der Waals surface area contributed by atoms with Crippen molar-refractivity contribution >= 4 is 23.2 Å². The lowest BCUT2D eigenvalue weighted by Gasteiger charge is -2.23. The minimum atomic E-state index is -0.706. The number of hydrogen-bond acceptors (Lipinski definition) is 6. The highest BCUT2D eigenvalue weighted by Gasteiger charge is 2.24. The van der Waals surface area contributed by atoms with E-state index in [9.17, 15) is 9.59 Å². The maximum atomic E-state index is 15.3. The van der Waals surface area contributed by atoms with Crippen LogP contribution in [0.4, 0.5) is 10.1 Å². The Labute approximate surface area is 239 Å². The first-order valence-corrected chi connectivity index (χ1v) is 13.6. The summed E-state index contributed by atoms with van der Waals surface area (Å²) in [5.41, 5.74) is 3.34. The minimum absolute atomic E-state index is 0.0523. The molecule has 1 N–H and O–H groups in total. The normalized spacial score (nSPS) is 17.3. The lowest BCUT2D eigenvalue weighted by Crippen LogP contribution is -2.26. The first-order chi connectivity index (χ1) is 19.8. The van der Waals surface area contributed by atoms with E-state index in [1.165, 1.54) is 29.3 Å². The summed E-state index contributed by atoms with van der Waals surface area (Å²) in [6.07, 6.45) is 8.04. The van der Waals surface area contributed by atoms with Crippen LogP contribution in [0.15, 0.2) is 72.2 Å². The molecule has 0 fully saturated rings. The van der Waals surface area contributed by atoms with Crippen LogP contribution in [0, 0.1) is 11.7 Å². The van der Waals surface area contributed by atoms with Gasteiger partial charge in [-0.2, -0.15) is 5.10 Å². The Morgan fingerprint density at radius 2 is 1.98 bits per heavy atom. The van der Waals surface area contributed by atoms with Crippen molar-refractivity contribution in [2.75, 3.05) is 5.32 Å². The minimum Gasteiger partial charge on any atom is -0.323 e. The number of carbonyl (C=O) groups excluding carboxylic acids is 1. The number of anilines is 1. The van der Waals surface area contributed by atoms with E-state index in [0.717, 1.165) is 16.8 Å². The summed E-state index contributed by atoms with van der Waals surface area (Å²) in [7, 11) is 1.82. The van der Waals surface area contributed by atoms with Gasteiger partial charge in [-0.1, -0.05) is 48.4 Å². The number of aromatic nitrogens is 7. The van der Waals surface area contributed by atoms with E-state index in [2.05, 4.69) is 25.7 Å². The zero-order chi connectivity index (χ0) is 28.7. The topological polar surface area (TPSA) is 113 Å². The number of nitrogens with zero attached hydrogens (tertiary/aromatic N) is 7. The van der Waals surface area contributed by atoms with Crippen LogP contribution < -0.4 is 10.9 Å². The van der Waals surface area contributed by atoms with Crippen LogP contribution in [0.1, 0.15) is 37.8 Å². The van der Waals surface area contributed by atoms with Crippen molar-refractivity contribution in [1.82, 2.24) is 34.3 Å². The van der Waals surface area contributed by atoms with Crippen molar-refractivity contribution in [1.29, 1.82) is 0 Å². The third kappa shape index (κ3) is 4.93. The number of carbonyl (C=O) groups is 1. The Morgan fingerprint density at radius 1 is 1.12 bits per heavy atom. The summed E-state index contributed by atoms with van der Waals surface area (Å²) < 4.78 is 20.0. The average Bonchev–Trinajstić information content (AvgIpc) is 3.62. The third-order valence-corrected chi connectivity index (χ3v) is 7.77. The van der Waals surface area contributed by atoms with Gasteiger partial charge in [0.25, 0.3) is 5.56 Å². The first-order valence-electron chi connectivity index (χ1n) is 13.2. The zero-order valence-corrected chi connectivity index (χ0v) is 23.1. The van der Waals surface area contributed by atoms with E-state index >= 15 is 4.39 Å². The summed E-state index contributed by atoms with van der Waals surface area (Å²) >= 11 is 6.11. The molecule has 4 heterocycles. The van der Waals surface area contributed by atoms with Gasteiger partial charge < -0.3 is 5.32 Å². The van der Waals surface area contributed by atoms with Gasteiger partial charge in [-0.25, -0.2) is 14.1 Å². The molecule has 1 aliphatic rings. The summed E-state index contributed by atoms with van der Waals surface area (Å²) in [6, 6.07) is 11.8. The number of fused-ring (bicyclic) bond motifs is 4. The predicted molar refractivity (Wildman–Crippen MR) is 152 cm³/mol. The molecule has 2 aromatic carbocycles. The van der Waals surface area contributed by atoms with Crippen LogP contribution in [0.2, 0.25) is 5.02 Å². The highest BCUT2D eigenvalue weighted by atomic mass is 35.5. The Morgan fingerprint density at radius 3 is 2.76 bits per heavy atom. The second kappa shape index (κ2) is 10.7. The lowest BCUT2D eigenvalue weighted by molar-refractivity contribution is -0.119. The molecule has 10 nitrogen and oxygen atoms in total. The van der Waals surface area contributed by atoms with Gasteiger partial charge in [-0.05, 0) is 36.6 Å². The summed E-state index contributed by atoms with van der Waals surface area (Å²) in [4.78, 5) is 31.1. The monoisotopic (exact) mass is 572 g/mol. The second-order valence-corrected chi connectivity index (χ2v) is 10.5. The number of nitrogens with one attached hydrogen (secondary N) is 1. The van der Waals surface area contributed by atoms with Crippen molar-refractivity contribution in [2.24, 2.45) is 13.0 Å². The van der Waals surface area contributed by atoms with Crippen LogP contribution in [0.25, 0.3) is 28.2 Å². The fraction of sp³-hybridized carbons (Fsp3) is 0.241. The number of amides is 1. The first kappa shape index (κ1) is 26.6. The molecule has 0 radical (unpaired) electrons. The van der Waals surface area contributed by atoms with E-state index in [4.69, 9.17) is 11.6 Å². The Kier molecular flexibility index (Phi) is 6.96. The SMILES string of the molecule is CC1CCCC(n2cnc(-c3c(-n4ccnn4)ccc(Cl)c3F)cc2=O)c2cccc(c2)-c2c(cnn2C)NC1=O. The molecule has 0 saturated carbocycles. The molecule has 0 spiro atoms. The molecule has 3 aromatic heterocycles. The van der Waals surface area contributed by atoms with Crippen LogP contribution in [0.3, 0.4) is 0 Å². The van der Waals surface area contributed by atoms with Crippen molar-refractivity contribution in [3.63, 3.8) is 0 Å². The van der Waals surface area contributed by atoms with E-state index in [1.54, 1.807) is 27.7 Å². The van der Waals surface area contributed by atoms with Crippen LogP contribution in [-0.4, -0.2) is 40.2 Å². The van der Waals surface area contributed by atoms with E-state index in [1.807, 2.05) is 38.2 Å². The Balaban J connectivity index is 1.46. The molecule has 41 heavy (non-hydrogen) atoms. The largest absolute Gasteiger partial charge is 0.323 e. The average molecular weight is 573 g/mol. The van der Waals surface area contributed by atoms with E-state index < -0.39 is 5.82 Å². The maximum absolute atomic E-state index is 15.3. The summed E-state index contributed by atoms with van der Waals surface area (Å²) in [5.74, 6) is -1.02. The Hall–Kier alpha value is -4.64. The fourth-order valence-corrected chi connectivity index (χ4v) is 5.49. The number of halogens is 2. The highest BCUT2D eigenvalue weighted by Crippen LogP contribution is 2.35. The molecule has 0 aliphatic carbocycles. The molecule has 5 aromatic rings. The number of rotatable bonds is 3. The fourth-order valence-electron chi connectivity index (χ4n) is 5.33. The van der Waals surface area contributed by atoms with Gasteiger partial charge in [0.15, 0.2) is 5.82 Å². The molecule has 2 bridgehead atoms. The highest BCUT2D eigenvalue weighted by molar-refractivity contribution is 6.31. The zero-order valence-electron chi connectivity index (χ0n) is 22.3. The van der Waals surface area contributed by atoms with Crippen molar-refractivity contribution in [3.8, 4) is 28.2 Å². The van der Waals surface area contributed by atoms with E-state index in [0.29, 0.717) is 30.6 Å². The molecular formula is C29H26ClFN8O2. The van der Waals surface area contributed by atoms with Crippen molar-refractivity contribution < 1.29 is 9.18 Å². The standard InChI is InChI=1S/C29H26ClFN8O2/c1-17-5-3-8-23(18-6-4-7-19(13-18)28-22(35-29(17)41)15-34-37(28)2)38-16-32-21(14-25(38)40)26-24(39-12-11-33-36-39)10-9-20(30)27(26)31/h4,6-7,9-17,23H,3,5,8H2,1-2H3,(H,35,41). The van der Waals surface area contributed by atoms with Gasteiger partial charge in [0.2, 0.25) is 5.91 Å². The van der Waals surface area contributed by atoms with Crippen LogP contribution in [0.5, 0.6) is 0 Å². The molecule has 0 saturated heterocycles. The molecule has 1 amide bonds. The smallest absolute Gasteiger partial charge is 0.254 e. The van der Waals surface area contributed by atoms with Gasteiger partial charge >= 0.3 is 0 Å². The van der Waals surface area contributed by atoms with Crippen molar-refractivity contribution in [3.05, 3.63) is 94.1 Å². The Bertz CT molecular complexity index is 1810. The third-order valence-electron chi connectivity index (χ3n) is 7.47. The van der Waals surface area contributed by atoms with Gasteiger partial charge in [0.1, 0.15) is 0 Å². The maximum Gasteiger partial charge on any atom is 0.254 e. The predicted octanol–water partition coefficient (Wildman–Crippen LogP) is 5.03. The molecular weight excluding hydrogens is 547 g/mol. The number of hydrogen-bond donors (Lipinski definition) is 1. The molecule has 2 unspecified atom stereocenters. The van der Waals surface area contributed by atoms with Gasteiger partial charge in [-0.15, -0.1) is 5.10 Å². The van der Waals surface area contributed by atoms with Gasteiger partial charge in [0, 0.05) is 24.6 Å². The summed E-state index contributed by atoms with van der Waals surface area (Å²) in [5, 5.41) is 15.0. The number of benzene rings is 2. The second-order valence-electron chi connectivity index (χ2n) is 10.1. The van der Waals surface area contributed by atoms with Crippen LogP contribution in [-0.2, 0) is 11.8 Å². The molecule has 2 atom stereocenters. The van der Waals surface area contributed by atoms with E-state index in [-0.39, 0.29) is 39.7 Å². The molecule has 6 rings (SSSR count). The van der Waals surface area contributed by atoms with Gasteiger partial charge in [-0.3, -0.25) is 18.8 Å². The molecule has 1 aliphatic heterocycles. The van der Waals surface area contributed by atoms with Gasteiger partial charge in [0.05, 0.1) is 64.3 Å².